The number of nitriles is 2. The molecule has 1 heterocycles. The third kappa shape index (κ3) is 0.825. The van der Waals surface area contributed by atoms with Gasteiger partial charge >= 0.3 is 0 Å². The van der Waals surface area contributed by atoms with E-state index < -0.39 is 0 Å². The molecule has 0 radical (unpaired) electrons. The average molecular weight is 133 g/mol. The molecule has 0 saturated heterocycles. The maximum atomic E-state index is 8.54. The van der Waals surface area contributed by atoms with Crippen LogP contribution in [-0.4, -0.2) is 6.54 Å². The normalized spacial score (nSPS) is 23.3. The minimum absolute atomic E-state index is 0.231. The molecule has 1 aliphatic heterocycles. The number of nitrogens with one attached hydrogen (secondary N) is 1. The van der Waals surface area contributed by atoms with E-state index in [1.807, 2.05) is 13.0 Å². The van der Waals surface area contributed by atoms with Crippen LogP contribution in [0.15, 0.2) is 11.3 Å². The second-order valence-electron chi connectivity index (χ2n) is 2.21. The number of nitrogens with zero attached hydrogens (tertiary/aromatic N) is 2. The fourth-order valence-corrected chi connectivity index (χ4v) is 0.986. The van der Waals surface area contributed by atoms with Gasteiger partial charge in [-0.25, -0.2) is 0 Å². The quantitative estimate of drug-likeness (QED) is 0.524. The minimum atomic E-state index is -0.231. The molecule has 1 aliphatic rings. The van der Waals surface area contributed by atoms with Gasteiger partial charge < -0.3 is 5.32 Å². The second-order valence-corrected chi connectivity index (χ2v) is 2.21. The molecule has 1 unspecified atom stereocenters. The third-order valence-electron chi connectivity index (χ3n) is 1.60. The van der Waals surface area contributed by atoms with Gasteiger partial charge in [0.2, 0.25) is 0 Å². The van der Waals surface area contributed by atoms with Crippen LogP contribution in [-0.2, 0) is 0 Å². The van der Waals surface area contributed by atoms with E-state index in [0.29, 0.717) is 12.1 Å². The molecular formula is C7H7N3. The molecule has 0 aromatic rings. The highest BCUT2D eigenvalue weighted by molar-refractivity contribution is 5.36. The van der Waals surface area contributed by atoms with Crippen LogP contribution >= 0.6 is 0 Å². The van der Waals surface area contributed by atoms with Crippen molar-refractivity contribution in [2.75, 3.05) is 6.54 Å². The van der Waals surface area contributed by atoms with Crippen molar-refractivity contribution in [2.45, 2.75) is 6.92 Å². The first-order valence-corrected chi connectivity index (χ1v) is 3.04. The molecular weight excluding hydrogens is 126 g/mol. The summed E-state index contributed by atoms with van der Waals surface area (Å²) in [5, 5.41) is 20.0. The molecule has 1 atom stereocenters. The van der Waals surface area contributed by atoms with Crippen molar-refractivity contribution in [3.05, 3.63) is 11.3 Å². The lowest BCUT2D eigenvalue weighted by Crippen LogP contribution is -2.09. The SMILES string of the molecule is CC1=C(C#N)C(C#N)CN1. The van der Waals surface area contributed by atoms with Crippen molar-refractivity contribution in [2.24, 2.45) is 5.92 Å². The van der Waals surface area contributed by atoms with E-state index in [1.165, 1.54) is 0 Å². The summed E-state index contributed by atoms with van der Waals surface area (Å²) in [6.07, 6.45) is 0. The average Bonchev–Trinajstić information content (AvgIpc) is 2.30. The first-order chi connectivity index (χ1) is 4.79. The van der Waals surface area contributed by atoms with Crippen LogP contribution in [0.1, 0.15) is 6.92 Å². The summed E-state index contributed by atoms with van der Waals surface area (Å²) in [6.45, 7) is 2.40. The van der Waals surface area contributed by atoms with Crippen LogP contribution in [0, 0.1) is 28.6 Å². The van der Waals surface area contributed by atoms with Crippen LogP contribution in [0.3, 0.4) is 0 Å². The van der Waals surface area contributed by atoms with Crippen LogP contribution in [0.2, 0.25) is 0 Å². The molecule has 3 heteroatoms. The number of hydrogen-bond acceptors (Lipinski definition) is 3. The zero-order valence-electron chi connectivity index (χ0n) is 5.68. The maximum Gasteiger partial charge on any atom is 0.100 e. The van der Waals surface area contributed by atoms with Crippen LogP contribution < -0.4 is 5.32 Å². The van der Waals surface area contributed by atoms with E-state index in [0.717, 1.165) is 5.70 Å². The van der Waals surface area contributed by atoms with E-state index in [1.54, 1.807) is 0 Å². The Bertz CT molecular complexity index is 251. The van der Waals surface area contributed by atoms with Crippen molar-refractivity contribution in [1.29, 1.82) is 10.5 Å². The van der Waals surface area contributed by atoms with E-state index >= 15 is 0 Å². The summed E-state index contributed by atoms with van der Waals surface area (Å²) >= 11 is 0. The molecule has 0 aliphatic carbocycles. The Hall–Kier alpha value is -1.48. The second kappa shape index (κ2) is 2.41. The summed E-state index contributed by atoms with van der Waals surface area (Å²) in [5.41, 5.74) is 1.43. The molecule has 1 rings (SSSR count). The highest BCUT2D eigenvalue weighted by Gasteiger charge is 2.21. The monoisotopic (exact) mass is 133 g/mol. The Morgan fingerprint density at radius 2 is 2.30 bits per heavy atom. The number of rotatable bonds is 0. The summed E-state index contributed by atoms with van der Waals surface area (Å²) in [7, 11) is 0. The Labute approximate surface area is 59.6 Å². The predicted octanol–water partition coefficient (Wildman–Crippen LogP) is 0.527. The lowest BCUT2D eigenvalue weighted by molar-refractivity contribution is 0.775. The number of allylic oxidation sites excluding steroid dienone is 1. The van der Waals surface area contributed by atoms with Gasteiger partial charge in [-0.2, -0.15) is 10.5 Å². The Morgan fingerprint density at radius 1 is 1.60 bits per heavy atom. The Morgan fingerprint density at radius 3 is 2.70 bits per heavy atom. The predicted molar refractivity (Wildman–Crippen MR) is 35.4 cm³/mol. The summed E-state index contributed by atoms with van der Waals surface area (Å²) in [6, 6.07) is 4.06. The van der Waals surface area contributed by atoms with Crippen molar-refractivity contribution < 1.29 is 0 Å². The van der Waals surface area contributed by atoms with Crippen molar-refractivity contribution in [1.82, 2.24) is 5.32 Å². The van der Waals surface area contributed by atoms with Gasteiger partial charge in [-0.1, -0.05) is 0 Å². The zero-order chi connectivity index (χ0) is 7.56. The molecule has 10 heavy (non-hydrogen) atoms. The van der Waals surface area contributed by atoms with Crippen LogP contribution in [0.4, 0.5) is 0 Å². The van der Waals surface area contributed by atoms with Crippen LogP contribution in [0.5, 0.6) is 0 Å². The molecule has 1 N–H and O–H groups in total. The van der Waals surface area contributed by atoms with Gasteiger partial charge in [-0.05, 0) is 6.92 Å². The molecule has 0 saturated carbocycles. The smallest absolute Gasteiger partial charge is 0.100 e. The van der Waals surface area contributed by atoms with E-state index in [-0.39, 0.29) is 5.92 Å². The Balaban J connectivity index is 2.92. The van der Waals surface area contributed by atoms with Crippen LogP contribution in [0.25, 0.3) is 0 Å². The topological polar surface area (TPSA) is 59.6 Å². The van der Waals surface area contributed by atoms with Gasteiger partial charge in [0.05, 0.1) is 17.7 Å². The van der Waals surface area contributed by atoms with Gasteiger partial charge in [-0.15, -0.1) is 0 Å². The van der Waals surface area contributed by atoms with Crippen molar-refractivity contribution in [3.63, 3.8) is 0 Å². The minimum Gasteiger partial charge on any atom is -0.386 e. The highest BCUT2D eigenvalue weighted by Crippen LogP contribution is 2.17. The van der Waals surface area contributed by atoms with Gasteiger partial charge in [-0.3, -0.25) is 0 Å². The molecule has 0 spiro atoms. The molecule has 3 nitrogen and oxygen atoms in total. The molecule has 0 bridgehead atoms. The maximum absolute atomic E-state index is 8.54. The summed E-state index contributed by atoms with van der Waals surface area (Å²) in [5.74, 6) is -0.231. The molecule has 0 aromatic heterocycles. The molecule has 0 amide bonds. The largest absolute Gasteiger partial charge is 0.386 e. The van der Waals surface area contributed by atoms with E-state index in [9.17, 15) is 0 Å². The van der Waals surface area contributed by atoms with Gasteiger partial charge in [0.1, 0.15) is 5.92 Å². The van der Waals surface area contributed by atoms with Gasteiger partial charge in [0.25, 0.3) is 0 Å². The lowest BCUT2D eigenvalue weighted by Gasteiger charge is -1.92. The first kappa shape index (κ1) is 6.64. The number of hydrogen-bond donors (Lipinski definition) is 1. The molecule has 50 valence electrons. The van der Waals surface area contributed by atoms with Crippen molar-refractivity contribution >= 4 is 0 Å². The fourth-order valence-electron chi connectivity index (χ4n) is 0.986. The van der Waals surface area contributed by atoms with Gasteiger partial charge in [0, 0.05) is 12.2 Å². The van der Waals surface area contributed by atoms with Crippen molar-refractivity contribution in [3.8, 4) is 12.1 Å². The third-order valence-corrected chi connectivity index (χ3v) is 1.60. The lowest BCUT2D eigenvalue weighted by atomic mass is 10.0. The zero-order valence-corrected chi connectivity index (χ0v) is 5.68. The molecule has 0 fully saturated rings. The Kier molecular flexibility index (Phi) is 1.60. The highest BCUT2D eigenvalue weighted by atomic mass is 14.9. The molecule has 0 aromatic carbocycles. The fraction of sp³-hybridized carbons (Fsp3) is 0.429. The van der Waals surface area contributed by atoms with Gasteiger partial charge in [0.15, 0.2) is 0 Å². The summed E-state index contributed by atoms with van der Waals surface area (Å²) in [4.78, 5) is 0. The summed E-state index contributed by atoms with van der Waals surface area (Å²) < 4.78 is 0. The van der Waals surface area contributed by atoms with E-state index in [4.69, 9.17) is 10.5 Å². The van der Waals surface area contributed by atoms with E-state index in [2.05, 4.69) is 11.4 Å². The standard InChI is InChI=1S/C7H7N3/c1-5-7(3-9)6(2-8)4-10-5/h6,10H,4H2,1H3. The first-order valence-electron chi connectivity index (χ1n) is 3.04.